The van der Waals surface area contributed by atoms with Crippen LogP contribution in [0.2, 0.25) is 0 Å². The third-order valence-electron chi connectivity index (χ3n) is 6.35. The predicted molar refractivity (Wildman–Crippen MR) is 152 cm³/mol. The Morgan fingerprint density at radius 2 is 1.64 bits per heavy atom. The molecule has 208 valence electrons. The number of hydrogen-bond donors (Lipinski definition) is 1. The Morgan fingerprint density at radius 1 is 0.949 bits per heavy atom. The molecule has 39 heavy (non-hydrogen) atoms. The normalized spacial score (nSPS) is 12.0. The van der Waals surface area contributed by atoms with Crippen molar-refractivity contribution in [2.45, 2.75) is 45.7 Å². The van der Waals surface area contributed by atoms with Crippen LogP contribution in [0.25, 0.3) is 0 Å². The van der Waals surface area contributed by atoms with Crippen LogP contribution in [0.15, 0.2) is 78.9 Å². The number of unbranched alkanes of at least 4 members (excludes halogenated alkanes) is 1. The Hall–Kier alpha value is -3.72. The first-order chi connectivity index (χ1) is 18.6. The fraction of sp³-hybridized carbons (Fsp3) is 0.333. The van der Waals surface area contributed by atoms with Gasteiger partial charge in [-0.2, -0.15) is 0 Å². The van der Waals surface area contributed by atoms with Crippen molar-refractivity contribution in [3.8, 4) is 0 Å². The minimum atomic E-state index is -3.95. The topological polar surface area (TPSA) is 86.8 Å². The molecule has 2 amide bonds. The minimum absolute atomic E-state index is 0.0353. The number of anilines is 1. The van der Waals surface area contributed by atoms with E-state index in [2.05, 4.69) is 5.32 Å². The average Bonchev–Trinajstić information content (AvgIpc) is 2.90. The Labute approximate surface area is 230 Å². The predicted octanol–water partition coefficient (Wildman–Crippen LogP) is 4.46. The summed E-state index contributed by atoms with van der Waals surface area (Å²) in [6, 6.07) is 21.2. The molecule has 3 aromatic carbocycles. The fourth-order valence-corrected chi connectivity index (χ4v) is 5.04. The molecule has 0 fully saturated rings. The van der Waals surface area contributed by atoms with E-state index >= 15 is 0 Å². The molecular weight excluding hydrogens is 517 g/mol. The number of rotatable bonds is 13. The van der Waals surface area contributed by atoms with Gasteiger partial charge in [0.1, 0.15) is 18.4 Å². The van der Waals surface area contributed by atoms with E-state index in [1.54, 1.807) is 0 Å². The summed E-state index contributed by atoms with van der Waals surface area (Å²) in [4.78, 5) is 28.9. The minimum Gasteiger partial charge on any atom is -0.354 e. The summed E-state index contributed by atoms with van der Waals surface area (Å²) < 4.78 is 40.3. The highest BCUT2D eigenvalue weighted by molar-refractivity contribution is 7.92. The second-order valence-electron chi connectivity index (χ2n) is 9.61. The van der Waals surface area contributed by atoms with Crippen LogP contribution < -0.4 is 9.62 Å². The Bertz CT molecular complexity index is 1350. The maximum absolute atomic E-state index is 14.0. The highest BCUT2D eigenvalue weighted by Gasteiger charge is 2.33. The summed E-state index contributed by atoms with van der Waals surface area (Å²) in [6.07, 6.45) is 2.90. The third-order valence-corrected chi connectivity index (χ3v) is 7.49. The number of carbonyl (C=O) groups is 2. The Balaban J connectivity index is 2.02. The van der Waals surface area contributed by atoms with Gasteiger partial charge < -0.3 is 10.2 Å². The zero-order valence-corrected chi connectivity index (χ0v) is 23.5. The van der Waals surface area contributed by atoms with Gasteiger partial charge in [0, 0.05) is 19.5 Å². The van der Waals surface area contributed by atoms with Gasteiger partial charge in [0.05, 0.1) is 11.9 Å². The molecule has 0 saturated heterocycles. The van der Waals surface area contributed by atoms with Gasteiger partial charge in [0.15, 0.2) is 0 Å². The molecule has 0 aliphatic carbocycles. The highest BCUT2D eigenvalue weighted by atomic mass is 32.2. The van der Waals surface area contributed by atoms with Crippen molar-refractivity contribution in [1.82, 2.24) is 10.2 Å². The van der Waals surface area contributed by atoms with Gasteiger partial charge in [-0.25, -0.2) is 12.8 Å². The molecule has 0 aliphatic rings. The number of sulfonamides is 1. The van der Waals surface area contributed by atoms with Crippen molar-refractivity contribution in [2.24, 2.45) is 0 Å². The second-order valence-corrected chi connectivity index (χ2v) is 11.5. The van der Waals surface area contributed by atoms with Gasteiger partial charge in [0.2, 0.25) is 21.8 Å². The lowest BCUT2D eigenvalue weighted by Gasteiger charge is -2.33. The van der Waals surface area contributed by atoms with Crippen molar-refractivity contribution in [1.29, 1.82) is 0 Å². The van der Waals surface area contributed by atoms with Gasteiger partial charge >= 0.3 is 0 Å². The maximum atomic E-state index is 14.0. The number of nitrogens with zero attached hydrogens (tertiary/aromatic N) is 2. The molecular formula is C30H36FN3O4S. The Kier molecular flexibility index (Phi) is 10.6. The summed E-state index contributed by atoms with van der Waals surface area (Å²) in [7, 11) is -3.95. The highest BCUT2D eigenvalue weighted by Crippen LogP contribution is 2.21. The SMILES string of the molecule is CCCCNC(=O)[C@H](Cc1ccccc1)N(Cc1ccc(C)cc1)C(=O)CN(c1cccc(F)c1)S(C)(=O)=O. The number of carbonyl (C=O) groups excluding carboxylic acids is 2. The summed E-state index contributed by atoms with van der Waals surface area (Å²) in [6.45, 7) is 3.95. The smallest absolute Gasteiger partial charge is 0.244 e. The number of nitrogens with one attached hydrogen (secondary N) is 1. The van der Waals surface area contributed by atoms with Crippen LogP contribution in [0.3, 0.4) is 0 Å². The van der Waals surface area contributed by atoms with E-state index < -0.39 is 34.3 Å². The first-order valence-corrected chi connectivity index (χ1v) is 14.8. The molecule has 1 N–H and O–H groups in total. The molecule has 0 aliphatic heterocycles. The number of halogens is 1. The maximum Gasteiger partial charge on any atom is 0.244 e. The van der Waals surface area contributed by atoms with E-state index in [9.17, 15) is 22.4 Å². The molecule has 0 aromatic heterocycles. The largest absolute Gasteiger partial charge is 0.354 e. The fourth-order valence-electron chi connectivity index (χ4n) is 4.20. The van der Waals surface area contributed by atoms with E-state index in [1.165, 1.54) is 23.1 Å². The summed E-state index contributed by atoms with van der Waals surface area (Å²) >= 11 is 0. The molecule has 0 bridgehead atoms. The third kappa shape index (κ3) is 8.92. The summed E-state index contributed by atoms with van der Waals surface area (Å²) in [5.41, 5.74) is 2.74. The number of benzene rings is 3. The molecule has 7 nitrogen and oxygen atoms in total. The second kappa shape index (κ2) is 13.9. The summed E-state index contributed by atoms with van der Waals surface area (Å²) in [5, 5.41) is 2.94. The van der Waals surface area contributed by atoms with Gasteiger partial charge in [-0.15, -0.1) is 0 Å². The number of amides is 2. The van der Waals surface area contributed by atoms with E-state index in [0.717, 1.165) is 46.2 Å². The van der Waals surface area contributed by atoms with Gasteiger partial charge in [-0.05, 0) is 42.7 Å². The van der Waals surface area contributed by atoms with E-state index in [0.29, 0.717) is 6.54 Å². The molecule has 0 heterocycles. The van der Waals surface area contributed by atoms with Crippen LogP contribution in [0, 0.1) is 12.7 Å². The Morgan fingerprint density at radius 3 is 2.26 bits per heavy atom. The quantitative estimate of drug-likeness (QED) is 0.317. The molecule has 1 atom stereocenters. The number of hydrogen-bond acceptors (Lipinski definition) is 4. The lowest BCUT2D eigenvalue weighted by Crippen LogP contribution is -2.53. The summed E-state index contributed by atoms with van der Waals surface area (Å²) in [5.74, 6) is -1.51. The van der Waals surface area contributed by atoms with Crippen LogP contribution in [0.4, 0.5) is 10.1 Å². The van der Waals surface area contributed by atoms with Crippen LogP contribution in [-0.2, 0) is 32.6 Å². The average molecular weight is 554 g/mol. The van der Waals surface area contributed by atoms with Gasteiger partial charge in [-0.1, -0.05) is 79.6 Å². The van der Waals surface area contributed by atoms with Crippen molar-refractivity contribution in [3.05, 3.63) is 101 Å². The van der Waals surface area contributed by atoms with Crippen LogP contribution in [0.1, 0.15) is 36.5 Å². The van der Waals surface area contributed by atoms with E-state index in [-0.39, 0.29) is 24.6 Å². The zero-order chi connectivity index (χ0) is 28.4. The van der Waals surface area contributed by atoms with Crippen LogP contribution >= 0.6 is 0 Å². The zero-order valence-electron chi connectivity index (χ0n) is 22.6. The van der Waals surface area contributed by atoms with E-state index in [4.69, 9.17) is 0 Å². The van der Waals surface area contributed by atoms with Crippen molar-refractivity contribution < 1.29 is 22.4 Å². The van der Waals surface area contributed by atoms with Crippen molar-refractivity contribution in [3.63, 3.8) is 0 Å². The van der Waals surface area contributed by atoms with Crippen molar-refractivity contribution >= 4 is 27.5 Å². The number of aryl methyl sites for hydroxylation is 1. The standard InChI is InChI=1S/C30H36FN3O4S/c1-4-5-18-32-30(36)28(19-24-10-7-6-8-11-24)33(21-25-16-14-23(2)15-17-25)29(35)22-34(39(3,37)38)27-13-9-12-26(31)20-27/h6-17,20,28H,4-5,18-19,21-22H2,1-3H3,(H,32,36)/t28-/m0/s1. The molecule has 0 unspecified atom stereocenters. The van der Waals surface area contributed by atoms with Gasteiger partial charge in [0.25, 0.3) is 0 Å². The van der Waals surface area contributed by atoms with Crippen molar-refractivity contribution in [2.75, 3.05) is 23.7 Å². The molecule has 0 spiro atoms. The molecule has 0 radical (unpaired) electrons. The van der Waals surface area contributed by atoms with Crippen LogP contribution in [0.5, 0.6) is 0 Å². The lowest BCUT2D eigenvalue weighted by molar-refractivity contribution is -0.140. The van der Waals surface area contributed by atoms with E-state index in [1.807, 2.05) is 68.4 Å². The molecule has 0 saturated carbocycles. The first-order valence-electron chi connectivity index (χ1n) is 13.0. The monoisotopic (exact) mass is 553 g/mol. The van der Waals surface area contributed by atoms with Gasteiger partial charge in [-0.3, -0.25) is 13.9 Å². The molecule has 9 heteroatoms. The lowest BCUT2D eigenvalue weighted by atomic mass is 10.0. The van der Waals surface area contributed by atoms with Crippen LogP contribution in [-0.4, -0.2) is 50.5 Å². The first kappa shape index (κ1) is 29.8. The molecule has 3 rings (SSSR count). The molecule has 3 aromatic rings.